The van der Waals surface area contributed by atoms with Crippen molar-refractivity contribution in [2.75, 3.05) is 11.9 Å². The quantitative estimate of drug-likeness (QED) is 0.835. The van der Waals surface area contributed by atoms with Gasteiger partial charge in [0.15, 0.2) is 0 Å². The first-order chi connectivity index (χ1) is 11.0. The zero-order valence-corrected chi connectivity index (χ0v) is 13.3. The Morgan fingerprint density at radius 1 is 1.22 bits per heavy atom. The number of benzene rings is 2. The highest BCUT2D eigenvalue weighted by Crippen LogP contribution is 2.22. The number of hydrogen-bond donors (Lipinski definition) is 2. The van der Waals surface area contributed by atoms with Crippen LogP contribution in [0.15, 0.2) is 42.5 Å². The predicted octanol–water partition coefficient (Wildman–Crippen LogP) is 4.08. The van der Waals surface area contributed by atoms with Crippen molar-refractivity contribution in [1.82, 2.24) is 0 Å². The highest BCUT2D eigenvalue weighted by atomic mass is 35.5. The van der Waals surface area contributed by atoms with Crippen molar-refractivity contribution in [3.8, 4) is 5.75 Å². The molecule has 5 nitrogen and oxygen atoms in total. The van der Waals surface area contributed by atoms with E-state index in [1.54, 1.807) is 24.3 Å². The molecule has 120 valence electrons. The molecule has 2 N–H and O–H groups in total. The molecule has 0 aliphatic heterocycles. The van der Waals surface area contributed by atoms with Crippen LogP contribution < -0.4 is 10.1 Å². The van der Waals surface area contributed by atoms with Crippen molar-refractivity contribution in [1.29, 1.82) is 0 Å². The number of rotatable bonds is 6. The molecule has 0 spiro atoms. The second-order valence-electron chi connectivity index (χ2n) is 4.83. The van der Waals surface area contributed by atoms with Gasteiger partial charge in [0, 0.05) is 11.3 Å². The maximum absolute atomic E-state index is 12.2. The molecule has 0 aliphatic carbocycles. The summed E-state index contributed by atoms with van der Waals surface area (Å²) in [5.74, 6) is -0.821. The summed E-state index contributed by atoms with van der Waals surface area (Å²) >= 11 is 5.88. The number of carboxylic acids is 1. The monoisotopic (exact) mass is 333 g/mol. The van der Waals surface area contributed by atoms with Gasteiger partial charge in [-0.25, -0.2) is 4.79 Å². The molecule has 0 bridgehead atoms. The average molecular weight is 334 g/mol. The van der Waals surface area contributed by atoms with Gasteiger partial charge in [0.05, 0.1) is 17.2 Å². The van der Waals surface area contributed by atoms with Crippen LogP contribution in [0, 0.1) is 0 Å². The summed E-state index contributed by atoms with van der Waals surface area (Å²) in [6.07, 6.45) is 0.880. The number of carboxylic acid groups (broad SMARTS) is 1. The number of nitrogens with one attached hydrogen (secondary N) is 1. The van der Waals surface area contributed by atoms with E-state index < -0.39 is 5.97 Å². The summed E-state index contributed by atoms with van der Waals surface area (Å²) in [6.45, 7) is 2.58. The largest absolute Gasteiger partial charge is 0.494 e. The van der Waals surface area contributed by atoms with E-state index in [-0.39, 0.29) is 16.5 Å². The summed E-state index contributed by atoms with van der Waals surface area (Å²) < 4.78 is 5.49. The van der Waals surface area contributed by atoms with E-state index in [9.17, 15) is 9.59 Å². The zero-order valence-electron chi connectivity index (χ0n) is 12.5. The molecule has 1 amide bonds. The van der Waals surface area contributed by atoms with Crippen LogP contribution in [0.3, 0.4) is 0 Å². The van der Waals surface area contributed by atoms with Gasteiger partial charge in [0.2, 0.25) is 0 Å². The van der Waals surface area contributed by atoms with E-state index in [0.717, 1.165) is 6.42 Å². The molecule has 2 rings (SSSR count). The first-order valence-electron chi connectivity index (χ1n) is 7.08. The summed E-state index contributed by atoms with van der Waals surface area (Å²) in [5.41, 5.74) is 0.849. The lowest BCUT2D eigenvalue weighted by Gasteiger charge is -2.09. The molecule has 0 saturated carbocycles. The molecule has 0 radical (unpaired) electrons. The molecule has 0 fully saturated rings. The lowest BCUT2D eigenvalue weighted by atomic mass is 10.1. The minimum absolute atomic E-state index is 0.0142. The first-order valence-corrected chi connectivity index (χ1v) is 7.46. The Hall–Kier alpha value is -2.53. The van der Waals surface area contributed by atoms with Gasteiger partial charge in [-0.3, -0.25) is 4.79 Å². The van der Waals surface area contributed by atoms with Gasteiger partial charge in [-0.1, -0.05) is 24.6 Å². The van der Waals surface area contributed by atoms with E-state index in [2.05, 4.69) is 5.32 Å². The van der Waals surface area contributed by atoms with Crippen LogP contribution in [-0.4, -0.2) is 23.6 Å². The lowest BCUT2D eigenvalue weighted by Crippen LogP contribution is -2.12. The van der Waals surface area contributed by atoms with Crippen LogP contribution >= 0.6 is 11.6 Å². The number of anilines is 1. The third kappa shape index (κ3) is 4.47. The Bertz CT molecular complexity index is 730. The third-order valence-electron chi connectivity index (χ3n) is 3.03. The SMILES string of the molecule is CCCOc1cccc(C(=O)Nc2ccc(C(=O)O)c(Cl)c2)c1. The maximum Gasteiger partial charge on any atom is 0.337 e. The molecular formula is C17H16ClNO4. The molecule has 2 aromatic rings. The zero-order chi connectivity index (χ0) is 16.8. The molecule has 0 atom stereocenters. The van der Waals surface area contributed by atoms with Gasteiger partial charge in [0.1, 0.15) is 5.75 Å². The van der Waals surface area contributed by atoms with Crippen LogP contribution in [0.2, 0.25) is 5.02 Å². The fraction of sp³-hybridized carbons (Fsp3) is 0.176. The Kier molecular flexibility index (Phi) is 5.60. The molecular weight excluding hydrogens is 318 g/mol. The van der Waals surface area contributed by atoms with Gasteiger partial charge >= 0.3 is 5.97 Å². The average Bonchev–Trinajstić information content (AvgIpc) is 2.53. The summed E-state index contributed by atoms with van der Waals surface area (Å²) in [5, 5.41) is 11.7. The van der Waals surface area contributed by atoms with Gasteiger partial charge in [-0.2, -0.15) is 0 Å². The number of aromatic carboxylic acids is 1. The van der Waals surface area contributed by atoms with Crippen LogP contribution in [-0.2, 0) is 0 Å². The maximum atomic E-state index is 12.2. The van der Waals surface area contributed by atoms with Crippen LogP contribution in [0.5, 0.6) is 5.75 Å². The van der Waals surface area contributed by atoms with Gasteiger partial charge in [-0.05, 0) is 42.8 Å². The Balaban J connectivity index is 2.13. The molecule has 6 heteroatoms. The van der Waals surface area contributed by atoms with E-state index in [0.29, 0.717) is 23.6 Å². The Morgan fingerprint density at radius 3 is 2.65 bits per heavy atom. The molecule has 0 unspecified atom stereocenters. The van der Waals surface area contributed by atoms with E-state index >= 15 is 0 Å². The number of hydrogen-bond acceptors (Lipinski definition) is 3. The van der Waals surface area contributed by atoms with Gasteiger partial charge in [-0.15, -0.1) is 0 Å². The number of halogens is 1. The molecule has 23 heavy (non-hydrogen) atoms. The van der Waals surface area contributed by atoms with Crippen LogP contribution in [0.1, 0.15) is 34.1 Å². The summed E-state index contributed by atoms with van der Waals surface area (Å²) in [4.78, 5) is 23.2. The Labute approximate surface area is 138 Å². The van der Waals surface area contributed by atoms with Crippen molar-refractivity contribution >= 4 is 29.2 Å². The lowest BCUT2D eigenvalue weighted by molar-refractivity contribution is 0.0697. The number of carbonyl (C=O) groups is 2. The fourth-order valence-electron chi connectivity index (χ4n) is 1.92. The van der Waals surface area contributed by atoms with Crippen molar-refractivity contribution in [3.63, 3.8) is 0 Å². The van der Waals surface area contributed by atoms with Crippen molar-refractivity contribution < 1.29 is 19.4 Å². The van der Waals surface area contributed by atoms with E-state index in [1.165, 1.54) is 18.2 Å². The normalized spacial score (nSPS) is 10.2. The number of ether oxygens (including phenoxy) is 1. The second-order valence-corrected chi connectivity index (χ2v) is 5.24. The molecule has 2 aromatic carbocycles. The smallest absolute Gasteiger partial charge is 0.337 e. The van der Waals surface area contributed by atoms with E-state index in [1.807, 2.05) is 6.92 Å². The molecule has 0 aromatic heterocycles. The number of carbonyl (C=O) groups excluding carboxylic acids is 1. The second kappa shape index (κ2) is 7.65. The highest BCUT2D eigenvalue weighted by Gasteiger charge is 2.11. The minimum atomic E-state index is -1.12. The molecule has 0 heterocycles. The fourth-order valence-corrected chi connectivity index (χ4v) is 2.18. The van der Waals surface area contributed by atoms with Gasteiger partial charge in [0.25, 0.3) is 5.91 Å². The van der Waals surface area contributed by atoms with Crippen molar-refractivity contribution in [3.05, 3.63) is 58.6 Å². The van der Waals surface area contributed by atoms with Gasteiger partial charge < -0.3 is 15.2 Å². The highest BCUT2D eigenvalue weighted by molar-refractivity contribution is 6.33. The van der Waals surface area contributed by atoms with Crippen LogP contribution in [0.25, 0.3) is 0 Å². The van der Waals surface area contributed by atoms with E-state index in [4.69, 9.17) is 21.4 Å². The van der Waals surface area contributed by atoms with Crippen molar-refractivity contribution in [2.24, 2.45) is 0 Å². The standard InChI is InChI=1S/C17H16ClNO4/c1-2-8-23-13-5-3-4-11(9-13)16(20)19-12-6-7-14(17(21)22)15(18)10-12/h3-7,9-10H,2,8H2,1H3,(H,19,20)(H,21,22). The minimum Gasteiger partial charge on any atom is -0.494 e. The van der Waals surface area contributed by atoms with Crippen molar-refractivity contribution in [2.45, 2.75) is 13.3 Å². The number of amides is 1. The molecule has 0 aliphatic rings. The Morgan fingerprint density at radius 2 is 2.00 bits per heavy atom. The topological polar surface area (TPSA) is 75.6 Å². The summed E-state index contributed by atoms with van der Waals surface area (Å²) in [7, 11) is 0. The predicted molar refractivity (Wildman–Crippen MR) is 88.6 cm³/mol. The third-order valence-corrected chi connectivity index (χ3v) is 3.34. The van der Waals surface area contributed by atoms with Crippen LogP contribution in [0.4, 0.5) is 5.69 Å². The first kappa shape index (κ1) is 16.8. The molecule has 0 saturated heterocycles. The summed E-state index contributed by atoms with van der Waals surface area (Å²) in [6, 6.07) is 11.1.